The fraction of sp³-hybridized carbons (Fsp3) is 0.310. The molecule has 38 heavy (non-hydrogen) atoms. The number of ether oxygens (including phenoxy) is 2. The first-order valence-electron chi connectivity index (χ1n) is 12.1. The van der Waals surface area contributed by atoms with E-state index < -0.39 is 30.0 Å². The van der Waals surface area contributed by atoms with E-state index in [1.807, 2.05) is 31.2 Å². The Labute approximate surface area is 219 Å². The number of benzene rings is 3. The van der Waals surface area contributed by atoms with Gasteiger partial charge in [-0.1, -0.05) is 54.1 Å². The molecule has 0 amide bonds. The predicted molar refractivity (Wildman–Crippen MR) is 136 cm³/mol. The molecule has 3 aromatic rings. The number of carbonyl (C=O) groups excluding carboxylic acids is 1. The molecule has 0 aliphatic heterocycles. The smallest absolute Gasteiger partial charge is 0.416 e. The summed E-state index contributed by atoms with van der Waals surface area (Å²) < 4.78 is 49.8. The third-order valence-electron chi connectivity index (χ3n) is 5.81. The molecular formula is C29H30F3NO5. The van der Waals surface area contributed by atoms with Crippen LogP contribution in [0.25, 0.3) is 0 Å². The molecule has 0 fully saturated rings. The molecule has 0 bridgehead atoms. The van der Waals surface area contributed by atoms with Gasteiger partial charge < -0.3 is 14.6 Å². The van der Waals surface area contributed by atoms with Gasteiger partial charge in [0.05, 0.1) is 5.56 Å². The second-order valence-corrected chi connectivity index (χ2v) is 8.83. The van der Waals surface area contributed by atoms with Gasteiger partial charge in [0.25, 0.3) is 0 Å². The van der Waals surface area contributed by atoms with Gasteiger partial charge in [-0.05, 0) is 54.8 Å². The molecule has 0 aliphatic rings. The number of rotatable bonds is 13. The molecule has 0 saturated carbocycles. The van der Waals surface area contributed by atoms with Gasteiger partial charge >= 0.3 is 12.1 Å². The van der Waals surface area contributed by atoms with Crippen LogP contribution in [0, 0.1) is 6.92 Å². The van der Waals surface area contributed by atoms with Gasteiger partial charge in [-0.15, -0.1) is 0 Å². The summed E-state index contributed by atoms with van der Waals surface area (Å²) in [4.78, 5) is 24.5. The lowest BCUT2D eigenvalue weighted by atomic mass is 10.1. The Morgan fingerprint density at radius 3 is 2.03 bits per heavy atom. The average Bonchev–Trinajstić information content (AvgIpc) is 2.88. The summed E-state index contributed by atoms with van der Waals surface area (Å²) in [6.07, 6.45) is -6.20. The fourth-order valence-corrected chi connectivity index (χ4v) is 3.72. The summed E-state index contributed by atoms with van der Waals surface area (Å²) in [5.74, 6) is -0.937. The van der Waals surface area contributed by atoms with Crippen LogP contribution in [0.1, 0.15) is 34.7 Å². The molecule has 0 heterocycles. The largest absolute Gasteiger partial charge is 0.479 e. The van der Waals surface area contributed by atoms with E-state index in [4.69, 9.17) is 9.47 Å². The summed E-state index contributed by atoms with van der Waals surface area (Å²) in [5, 5.41) is 12.3. The van der Waals surface area contributed by atoms with Crippen molar-refractivity contribution in [3.05, 3.63) is 101 Å². The fourth-order valence-electron chi connectivity index (χ4n) is 3.72. The van der Waals surface area contributed by atoms with E-state index >= 15 is 0 Å². The van der Waals surface area contributed by atoms with Crippen molar-refractivity contribution in [2.75, 3.05) is 6.61 Å². The third kappa shape index (κ3) is 8.71. The maximum Gasteiger partial charge on any atom is 0.416 e. The van der Waals surface area contributed by atoms with Crippen molar-refractivity contribution in [1.29, 1.82) is 0 Å². The van der Waals surface area contributed by atoms with E-state index in [-0.39, 0.29) is 31.8 Å². The van der Waals surface area contributed by atoms with Gasteiger partial charge in [-0.3, -0.25) is 10.1 Å². The van der Waals surface area contributed by atoms with Gasteiger partial charge in [0.2, 0.25) is 6.23 Å². The number of carboxylic acids is 1. The molecule has 9 heteroatoms. The van der Waals surface area contributed by atoms with Crippen LogP contribution in [-0.2, 0) is 39.9 Å². The van der Waals surface area contributed by atoms with Crippen LogP contribution in [0.4, 0.5) is 13.2 Å². The molecule has 0 aromatic heterocycles. The molecule has 202 valence electrons. The SMILES string of the molecule is CCO[C@@H](Cc1ccc(OC(NCc2ccc(C(F)(F)F)cc2)C(=O)Cc2ccc(C)cc2)cc1)C(=O)O. The lowest BCUT2D eigenvalue weighted by molar-refractivity contribution is -0.150. The number of aryl methyl sites for hydroxylation is 1. The van der Waals surface area contributed by atoms with Gasteiger partial charge in [0.15, 0.2) is 11.9 Å². The summed E-state index contributed by atoms with van der Waals surface area (Å²) in [6.45, 7) is 4.04. The van der Waals surface area contributed by atoms with Crippen LogP contribution in [-0.4, -0.2) is 35.8 Å². The first-order chi connectivity index (χ1) is 18.0. The Balaban J connectivity index is 1.72. The zero-order chi connectivity index (χ0) is 27.7. The summed E-state index contributed by atoms with van der Waals surface area (Å²) in [6, 6.07) is 18.9. The minimum absolute atomic E-state index is 0.0949. The molecule has 1 unspecified atom stereocenters. The number of hydrogen-bond acceptors (Lipinski definition) is 5. The molecule has 2 atom stereocenters. The Bertz CT molecular complexity index is 1190. The second kappa shape index (κ2) is 13.2. The molecule has 2 N–H and O–H groups in total. The van der Waals surface area contributed by atoms with E-state index in [1.54, 1.807) is 31.2 Å². The number of halogens is 3. The highest BCUT2D eigenvalue weighted by Crippen LogP contribution is 2.29. The Hall–Kier alpha value is -3.69. The molecule has 0 spiro atoms. The highest BCUT2D eigenvalue weighted by Gasteiger charge is 2.30. The number of carboxylic acid groups (broad SMARTS) is 1. The first-order valence-corrected chi connectivity index (χ1v) is 12.1. The van der Waals surface area contributed by atoms with Crippen LogP contribution in [0.2, 0.25) is 0 Å². The summed E-state index contributed by atoms with van der Waals surface area (Å²) in [7, 11) is 0. The van der Waals surface area contributed by atoms with Crippen LogP contribution in [0.3, 0.4) is 0 Å². The third-order valence-corrected chi connectivity index (χ3v) is 5.81. The van der Waals surface area contributed by atoms with Gasteiger partial charge in [-0.2, -0.15) is 13.2 Å². The topological polar surface area (TPSA) is 84.9 Å². The molecular weight excluding hydrogens is 499 g/mol. The van der Waals surface area contributed by atoms with Crippen molar-refractivity contribution < 1.29 is 37.3 Å². The van der Waals surface area contributed by atoms with Crippen LogP contribution in [0.15, 0.2) is 72.8 Å². The Morgan fingerprint density at radius 1 is 0.895 bits per heavy atom. The number of nitrogens with one attached hydrogen (secondary N) is 1. The maximum absolute atomic E-state index is 13.2. The lowest BCUT2D eigenvalue weighted by Crippen LogP contribution is -2.42. The second-order valence-electron chi connectivity index (χ2n) is 8.83. The molecule has 0 saturated heterocycles. The van der Waals surface area contributed by atoms with Crippen molar-refractivity contribution in [2.45, 2.75) is 51.7 Å². The van der Waals surface area contributed by atoms with Gasteiger partial charge in [-0.25, -0.2) is 4.79 Å². The summed E-state index contributed by atoms with van der Waals surface area (Å²) in [5.41, 5.74) is 2.39. The first kappa shape index (κ1) is 28.9. The van der Waals surface area contributed by atoms with Crippen LogP contribution < -0.4 is 10.1 Å². The van der Waals surface area contributed by atoms with Crippen molar-refractivity contribution in [3.63, 3.8) is 0 Å². The minimum Gasteiger partial charge on any atom is -0.479 e. The Kier molecular flexibility index (Phi) is 10.0. The number of ketones is 1. The zero-order valence-corrected chi connectivity index (χ0v) is 21.1. The highest BCUT2D eigenvalue weighted by atomic mass is 19.4. The normalized spacial score (nSPS) is 13.1. The van der Waals surface area contributed by atoms with E-state index in [0.717, 1.165) is 28.8 Å². The number of alkyl halides is 3. The van der Waals surface area contributed by atoms with Crippen molar-refractivity contribution in [2.24, 2.45) is 0 Å². The van der Waals surface area contributed by atoms with Crippen LogP contribution in [0.5, 0.6) is 5.75 Å². The highest BCUT2D eigenvalue weighted by molar-refractivity contribution is 5.85. The monoisotopic (exact) mass is 529 g/mol. The van der Waals surface area contributed by atoms with Gasteiger partial charge in [0, 0.05) is 26.0 Å². The molecule has 3 aromatic carbocycles. The lowest BCUT2D eigenvalue weighted by Gasteiger charge is -2.20. The van der Waals surface area contributed by atoms with E-state index in [0.29, 0.717) is 11.3 Å². The standard InChI is InChI=1S/C29H30F3NO5/c1-3-37-26(28(35)36)17-21-10-14-24(15-11-21)38-27(25(34)16-20-6-4-19(2)5-7-20)33-18-22-8-12-23(13-9-22)29(30,31)32/h4-15,26-27,33H,3,16-18H2,1-2H3,(H,35,36)/t26-,27?/m0/s1. The van der Waals surface area contributed by atoms with E-state index in [2.05, 4.69) is 5.32 Å². The minimum atomic E-state index is -4.43. The average molecular weight is 530 g/mol. The van der Waals surface area contributed by atoms with Crippen LogP contribution >= 0.6 is 0 Å². The molecule has 6 nitrogen and oxygen atoms in total. The number of Topliss-reactive ketones (excluding diaryl/α,β-unsaturated/α-hetero) is 1. The van der Waals surface area contributed by atoms with E-state index in [9.17, 15) is 27.9 Å². The number of aliphatic carboxylic acids is 1. The molecule has 0 aliphatic carbocycles. The Morgan fingerprint density at radius 2 is 1.47 bits per heavy atom. The van der Waals surface area contributed by atoms with E-state index in [1.165, 1.54) is 12.1 Å². The predicted octanol–water partition coefficient (Wildman–Crippen LogP) is 5.35. The number of hydrogen-bond donors (Lipinski definition) is 2. The molecule has 3 rings (SSSR count). The zero-order valence-electron chi connectivity index (χ0n) is 21.1. The maximum atomic E-state index is 13.2. The quantitative estimate of drug-likeness (QED) is 0.290. The van der Waals surface area contributed by atoms with Gasteiger partial charge in [0.1, 0.15) is 5.75 Å². The molecule has 0 radical (unpaired) electrons. The summed E-state index contributed by atoms with van der Waals surface area (Å²) >= 11 is 0. The van der Waals surface area contributed by atoms with Crippen molar-refractivity contribution >= 4 is 11.8 Å². The van der Waals surface area contributed by atoms with Crippen molar-refractivity contribution in [3.8, 4) is 5.75 Å². The number of carbonyl (C=O) groups is 2. The van der Waals surface area contributed by atoms with Crippen molar-refractivity contribution in [1.82, 2.24) is 5.32 Å².